The molecule has 2 amide bonds. The number of carbonyl (C=O) groups is 3. The Kier molecular flexibility index (Phi) is 7.70. The zero-order chi connectivity index (χ0) is 24.9. The molecule has 0 saturated heterocycles. The lowest BCUT2D eigenvalue weighted by atomic mass is 9.82. The Balaban J connectivity index is 1.35. The molecule has 4 rings (SSSR count). The third-order valence-electron chi connectivity index (χ3n) is 7.07. The molecule has 1 fully saturated rings. The maximum absolute atomic E-state index is 12.7. The molecule has 2 aliphatic carbocycles. The van der Waals surface area contributed by atoms with Crippen molar-refractivity contribution in [1.29, 1.82) is 0 Å². The molecule has 4 atom stereocenters. The first-order valence-corrected chi connectivity index (χ1v) is 12.2. The van der Waals surface area contributed by atoms with Crippen LogP contribution in [0.3, 0.4) is 0 Å². The fraction of sp³-hybridized carbons (Fsp3) is 0.444. The number of aliphatic hydroxyl groups excluding tert-OH is 1. The van der Waals surface area contributed by atoms with Gasteiger partial charge in [0.1, 0.15) is 6.61 Å². The van der Waals surface area contributed by atoms with E-state index in [0.717, 1.165) is 47.9 Å². The van der Waals surface area contributed by atoms with Gasteiger partial charge in [0.05, 0.1) is 6.10 Å². The van der Waals surface area contributed by atoms with Crippen molar-refractivity contribution in [2.75, 3.05) is 6.61 Å². The Bertz CT molecular complexity index is 1040. The van der Waals surface area contributed by atoms with E-state index in [2.05, 4.69) is 34.9 Å². The van der Waals surface area contributed by atoms with Crippen molar-refractivity contribution < 1.29 is 29.3 Å². The fourth-order valence-corrected chi connectivity index (χ4v) is 5.29. The number of carboxylic acids is 1. The van der Waals surface area contributed by atoms with Crippen molar-refractivity contribution in [3.8, 4) is 11.1 Å². The summed E-state index contributed by atoms with van der Waals surface area (Å²) >= 11 is 0. The Morgan fingerprint density at radius 3 is 2.20 bits per heavy atom. The second-order valence-electron chi connectivity index (χ2n) is 9.45. The Morgan fingerprint density at radius 1 is 1.00 bits per heavy atom. The lowest BCUT2D eigenvalue weighted by Gasteiger charge is -2.32. The highest BCUT2D eigenvalue weighted by atomic mass is 16.5. The largest absolute Gasteiger partial charge is 0.480 e. The number of nitrogens with one attached hydrogen (secondary N) is 2. The molecule has 0 aliphatic heterocycles. The minimum absolute atomic E-state index is 0.0329. The molecule has 8 heteroatoms. The summed E-state index contributed by atoms with van der Waals surface area (Å²) in [5.41, 5.74) is 4.60. The van der Waals surface area contributed by atoms with Crippen molar-refractivity contribution in [1.82, 2.24) is 10.6 Å². The highest BCUT2D eigenvalue weighted by Gasteiger charge is 2.33. The first-order chi connectivity index (χ1) is 16.8. The summed E-state index contributed by atoms with van der Waals surface area (Å²) < 4.78 is 5.66. The van der Waals surface area contributed by atoms with Gasteiger partial charge in [0.15, 0.2) is 6.04 Å². The van der Waals surface area contributed by atoms with Crippen LogP contribution in [0.15, 0.2) is 48.5 Å². The number of alkyl carbamates (subject to hydrolysis) is 1. The second kappa shape index (κ2) is 10.9. The summed E-state index contributed by atoms with van der Waals surface area (Å²) in [7, 11) is 0. The van der Waals surface area contributed by atoms with Crippen LogP contribution in [-0.4, -0.2) is 53.0 Å². The summed E-state index contributed by atoms with van der Waals surface area (Å²) in [6.07, 6.45) is 1.67. The standard InChI is InChI=1S/C27H32N2O6/c1-16(30)25(26(32)33)29-24(31)14-17-8-2-7-13-23(17)28-27(34)35-15-22-20-11-5-3-9-18(20)19-10-4-6-12-21(19)22/h3-6,9-12,16-17,22-23,25,30H,2,7-8,13-15H2,1H3,(H,28,34)(H,29,31)(H,32,33)/t16-,17+,23+,25+/m1/s1. The third-order valence-corrected chi connectivity index (χ3v) is 7.07. The molecule has 186 valence electrons. The number of carbonyl (C=O) groups excluding carboxylic acids is 2. The molecule has 2 aliphatic rings. The average molecular weight is 481 g/mol. The van der Waals surface area contributed by atoms with E-state index in [1.54, 1.807) is 0 Å². The van der Waals surface area contributed by atoms with Gasteiger partial charge in [-0.15, -0.1) is 0 Å². The van der Waals surface area contributed by atoms with Gasteiger partial charge in [-0.05, 0) is 47.9 Å². The van der Waals surface area contributed by atoms with Crippen molar-refractivity contribution in [3.63, 3.8) is 0 Å². The zero-order valence-corrected chi connectivity index (χ0v) is 19.8. The molecule has 0 unspecified atom stereocenters. The summed E-state index contributed by atoms with van der Waals surface area (Å²) in [6.45, 7) is 1.54. The first kappa shape index (κ1) is 24.7. The summed E-state index contributed by atoms with van der Waals surface area (Å²) in [6, 6.07) is 14.7. The van der Waals surface area contributed by atoms with Gasteiger partial charge in [-0.2, -0.15) is 0 Å². The van der Waals surface area contributed by atoms with Crippen LogP contribution < -0.4 is 10.6 Å². The lowest BCUT2D eigenvalue weighted by molar-refractivity contribution is -0.145. The highest BCUT2D eigenvalue weighted by Crippen LogP contribution is 2.44. The molecule has 4 N–H and O–H groups in total. The Labute approximate surface area is 204 Å². The third kappa shape index (κ3) is 5.65. The SMILES string of the molecule is C[C@@H](O)[C@H](NC(=O)C[C@@H]1CCCC[C@@H]1NC(=O)OCC1c2ccccc2-c2ccccc21)C(=O)O. The van der Waals surface area contributed by atoms with Crippen LogP contribution in [0.2, 0.25) is 0 Å². The molecule has 2 aromatic rings. The summed E-state index contributed by atoms with van der Waals surface area (Å²) in [4.78, 5) is 36.5. The van der Waals surface area contributed by atoms with Gasteiger partial charge in [-0.1, -0.05) is 61.4 Å². The molecule has 0 heterocycles. The van der Waals surface area contributed by atoms with Crippen LogP contribution >= 0.6 is 0 Å². The van der Waals surface area contributed by atoms with E-state index in [4.69, 9.17) is 4.74 Å². The zero-order valence-electron chi connectivity index (χ0n) is 19.8. The maximum atomic E-state index is 12.7. The molecular formula is C27H32N2O6. The van der Waals surface area contributed by atoms with E-state index in [0.29, 0.717) is 0 Å². The van der Waals surface area contributed by atoms with Gasteiger partial charge in [0.25, 0.3) is 0 Å². The van der Waals surface area contributed by atoms with Gasteiger partial charge in [-0.3, -0.25) is 4.79 Å². The average Bonchev–Trinajstić information content (AvgIpc) is 3.16. The van der Waals surface area contributed by atoms with Crippen LogP contribution in [0, 0.1) is 5.92 Å². The Hall–Kier alpha value is -3.39. The summed E-state index contributed by atoms with van der Waals surface area (Å²) in [5.74, 6) is -1.91. The molecule has 0 radical (unpaired) electrons. The smallest absolute Gasteiger partial charge is 0.407 e. The predicted octanol–water partition coefficient (Wildman–Crippen LogP) is 3.42. The number of aliphatic carboxylic acids is 1. The molecule has 0 bridgehead atoms. The van der Waals surface area contributed by atoms with Gasteiger partial charge in [0, 0.05) is 18.4 Å². The molecule has 35 heavy (non-hydrogen) atoms. The van der Waals surface area contributed by atoms with Crippen LogP contribution in [-0.2, 0) is 14.3 Å². The van der Waals surface area contributed by atoms with E-state index in [1.807, 2.05) is 24.3 Å². The van der Waals surface area contributed by atoms with Gasteiger partial charge in [-0.25, -0.2) is 9.59 Å². The number of amides is 2. The van der Waals surface area contributed by atoms with Crippen LogP contribution in [0.4, 0.5) is 4.79 Å². The number of hydrogen-bond donors (Lipinski definition) is 4. The number of ether oxygens (including phenoxy) is 1. The first-order valence-electron chi connectivity index (χ1n) is 12.2. The van der Waals surface area contributed by atoms with Crippen LogP contribution in [0.25, 0.3) is 11.1 Å². The monoisotopic (exact) mass is 480 g/mol. The van der Waals surface area contributed by atoms with Crippen molar-refractivity contribution in [3.05, 3.63) is 59.7 Å². The lowest BCUT2D eigenvalue weighted by Crippen LogP contribution is -2.49. The number of hydrogen-bond acceptors (Lipinski definition) is 5. The Morgan fingerprint density at radius 2 is 1.60 bits per heavy atom. The molecule has 1 saturated carbocycles. The van der Waals surface area contributed by atoms with Crippen molar-refractivity contribution >= 4 is 18.0 Å². The molecule has 8 nitrogen and oxygen atoms in total. The fourth-order valence-electron chi connectivity index (χ4n) is 5.29. The minimum Gasteiger partial charge on any atom is -0.480 e. The number of benzene rings is 2. The van der Waals surface area contributed by atoms with Crippen molar-refractivity contribution in [2.24, 2.45) is 5.92 Å². The van der Waals surface area contributed by atoms with E-state index >= 15 is 0 Å². The number of aliphatic hydroxyl groups is 1. The second-order valence-corrected chi connectivity index (χ2v) is 9.45. The molecule has 2 aromatic carbocycles. The van der Waals surface area contributed by atoms with E-state index < -0.39 is 30.1 Å². The normalized spacial score (nSPS) is 20.7. The summed E-state index contributed by atoms with van der Waals surface area (Å²) in [5, 5.41) is 24.1. The maximum Gasteiger partial charge on any atom is 0.407 e. The predicted molar refractivity (Wildman–Crippen MR) is 130 cm³/mol. The van der Waals surface area contributed by atoms with Crippen LogP contribution in [0.1, 0.15) is 56.1 Å². The number of rotatable bonds is 8. The van der Waals surface area contributed by atoms with E-state index in [1.165, 1.54) is 6.92 Å². The van der Waals surface area contributed by atoms with E-state index in [9.17, 15) is 24.6 Å². The molecular weight excluding hydrogens is 448 g/mol. The minimum atomic E-state index is -1.36. The quantitative estimate of drug-likeness (QED) is 0.459. The molecule has 0 spiro atoms. The number of fused-ring (bicyclic) bond motifs is 3. The van der Waals surface area contributed by atoms with Gasteiger partial charge < -0.3 is 25.6 Å². The molecule has 0 aromatic heterocycles. The van der Waals surface area contributed by atoms with Gasteiger partial charge >= 0.3 is 12.1 Å². The highest BCUT2D eigenvalue weighted by molar-refractivity contribution is 5.84. The van der Waals surface area contributed by atoms with Gasteiger partial charge in [0.2, 0.25) is 5.91 Å². The topological polar surface area (TPSA) is 125 Å². The van der Waals surface area contributed by atoms with Crippen LogP contribution in [0.5, 0.6) is 0 Å². The number of carboxylic acid groups (broad SMARTS) is 1. The van der Waals surface area contributed by atoms with E-state index in [-0.39, 0.29) is 30.9 Å². The van der Waals surface area contributed by atoms with Crippen molar-refractivity contribution in [2.45, 2.75) is 63.1 Å².